The van der Waals surface area contributed by atoms with Gasteiger partial charge in [-0.1, -0.05) is 25.4 Å². The summed E-state index contributed by atoms with van der Waals surface area (Å²) in [6.07, 6.45) is 3.02. The van der Waals surface area contributed by atoms with E-state index in [0.717, 1.165) is 16.4 Å². The minimum absolute atomic E-state index is 0.0486. The quantitative estimate of drug-likeness (QED) is 0.587. The van der Waals surface area contributed by atoms with E-state index in [4.69, 9.17) is 11.6 Å². The lowest BCUT2D eigenvalue weighted by Gasteiger charge is -2.33. The zero-order chi connectivity index (χ0) is 23.6. The largest absolute Gasteiger partial charge is 0.337 e. The number of hydrogen-bond acceptors (Lipinski definition) is 4. The third kappa shape index (κ3) is 5.19. The minimum atomic E-state index is -3.98. The highest BCUT2D eigenvalue weighted by Crippen LogP contribution is 2.23. The number of aryl methyl sites for hydroxylation is 1. The van der Waals surface area contributed by atoms with Gasteiger partial charge in [0.1, 0.15) is 5.15 Å². The predicted octanol–water partition coefficient (Wildman–Crippen LogP) is 3.33. The van der Waals surface area contributed by atoms with Crippen molar-refractivity contribution in [2.24, 2.45) is 5.92 Å². The Hall–Kier alpha value is -2.30. The molecule has 0 radical (unpaired) electrons. The lowest BCUT2D eigenvalue weighted by molar-refractivity contribution is -0.127. The van der Waals surface area contributed by atoms with Crippen LogP contribution in [-0.4, -0.2) is 59.5 Å². The number of rotatable bonds is 6. The molecule has 11 heteroatoms. The van der Waals surface area contributed by atoms with E-state index in [1.807, 2.05) is 6.92 Å². The number of sulfonamides is 1. The average molecular weight is 487 g/mol. The summed E-state index contributed by atoms with van der Waals surface area (Å²) in [4.78, 5) is 13.8. The third-order valence-electron chi connectivity index (χ3n) is 5.12. The Morgan fingerprint density at radius 2 is 1.84 bits per heavy atom. The predicted molar refractivity (Wildman–Crippen MR) is 118 cm³/mol. The van der Waals surface area contributed by atoms with Crippen LogP contribution in [0.3, 0.4) is 0 Å². The van der Waals surface area contributed by atoms with Crippen molar-refractivity contribution in [1.82, 2.24) is 19.0 Å². The molecule has 32 heavy (non-hydrogen) atoms. The number of amides is 1. The van der Waals surface area contributed by atoms with Crippen LogP contribution in [0.25, 0.3) is 6.08 Å². The minimum Gasteiger partial charge on any atom is -0.337 e. The molecule has 2 heterocycles. The van der Waals surface area contributed by atoms with Crippen molar-refractivity contribution >= 4 is 33.6 Å². The van der Waals surface area contributed by atoms with E-state index in [0.29, 0.717) is 34.9 Å². The number of carbonyl (C=O) groups excluding carboxylic acids is 1. The molecule has 0 saturated carbocycles. The van der Waals surface area contributed by atoms with E-state index in [1.54, 1.807) is 10.8 Å². The van der Waals surface area contributed by atoms with Crippen molar-refractivity contribution in [3.8, 4) is 0 Å². The van der Waals surface area contributed by atoms with E-state index >= 15 is 0 Å². The summed E-state index contributed by atoms with van der Waals surface area (Å²) < 4.78 is 54.8. The second kappa shape index (κ2) is 9.68. The van der Waals surface area contributed by atoms with E-state index in [1.165, 1.54) is 11.0 Å². The molecular formula is C21H25ClF2N4O3S. The number of benzene rings is 1. The van der Waals surface area contributed by atoms with Gasteiger partial charge in [-0.2, -0.15) is 9.40 Å². The van der Waals surface area contributed by atoms with Crippen molar-refractivity contribution in [3.05, 3.63) is 52.3 Å². The molecule has 1 aliphatic rings. The topological polar surface area (TPSA) is 75.5 Å². The van der Waals surface area contributed by atoms with Gasteiger partial charge in [0.25, 0.3) is 0 Å². The Balaban J connectivity index is 1.65. The van der Waals surface area contributed by atoms with Gasteiger partial charge < -0.3 is 4.90 Å². The van der Waals surface area contributed by atoms with Gasteiger partial charge in [-0.25, -0.2) is 17.2 Å². The van der Waals surface area contributed by atoms with E-state index in [2.05, 4.69) is 18.9 Å². The Labute approximate surface area is 191 Å². The molecule has 1 aromatic carbocycles. The fraction of sp³-hybridized carbons (Fsp3) is 0.429. The van der Waals surface area contributed by atoms with Gasteiger partial charge in [0.05, 0.1) is 10.6 Å². The molecule has 1 aromatic heterocycles. The number of carbonyl (C=O) groups is 1. The number of nitrogens with zero attached hydrogens (tertiary/aromatic N) is 4. The number of piperazine rings is 1. The third-order valence-corrected chi connectivity index (χ3v) is 7.41. The highest BCUT2D eigenvalue weighted by Gasteiger charge is 2.30. The SMILES string of the molecule is Cc1nn(CC(C)C)c(Cl)c1/C=C/C(=O)N1CCN(S(=O)(=O)c2ccc(F)c(F)c2)CC1. The van der Waals surface area contributed by atoms with E-state index in [9.17, 15) is 22.0 Å². The number of hydrogen-bond donors (Lipinski definition) is 0. The van der Waals surface area contributed by atoms with Crippen LogP contribution >= 0.6 is 11.6 Å². The summed E-state index contributed by atoms with van der Waals surface area (Å²) >= 11 is 6.39. The van der Waals surface area contributed by atoms with Crippen LogP contribution in [0, 0.1) is 24.5 Å². The van der Waals surface area contributed by atoms with E-state index in [-0.39, 0.29) is 37.0 Å². The van der Waals surface area contributed by atoms with Gasteiger partial charge in [0.2, 0.25) is 15.9 Å². The maximum absolute atomic E-state index is 13.5. The van der Waals surface area contributed by atoms with Gasteiger partial charge in [-0.05, 0) is 37.1 Å². The molecule has 174 valence electrons. The van der Waals surface area contributed by atoms with E-state index < -0.39 is 21.7 Å². The first kappa shape index (κ1) is 24.3. The summed E-state index contributed by atoms with van der Waals surface area (Å²) in [7, 11) is -3.98. The van der Waals surface area contributed by atoms with Crippen molar-refractivity contribution in [2.45, 2.75) is 32.2 Å². The van der Waals surface area contributed by atoms with Crippen molar-refractivity contribution in [2.75, 3.05) is 26.2 Å². The molecule has 2 aromatic rings. The number of aromatic nitrogens is 2. The molecule has 0 N–H and O–H groups in total. The zero-order valence-corrected chi connectivity index (χ0v) is 19.6. The second-order valence-electron chi connectivity index (χ2n) is 8.00. The highest BCUT2D eigenvalue weighted by atomic mass is 35.5. The average Bonchev–Trinajstić information content (AvgIpc) is 3.00. The summed E-state index contributed by atoms with van der Waals surface area (Å²) in [5.41, 5.74) is 1.38. The van der Waals surface area contributed by atoms with Crippen LogP contribution in [0.2, 0.25) is 5.15 Å². The fourth-order valence-electron chi connectivity index (χ4n) is 3.42. The molecule has 0 unspecified atom stereocenters. The van der Waals surface area contributed by atoms with Crippen LogP contribution in [0.5, 0.6) is 0 Å². The lowest BCUT2D eigenvalue weighted by Crippen LogP contribution is -2.50. The molecular weight excluding hydrogens is 462 g/mol. The van der Waals surface area contributed by atoms with Crippen LogP contribution in [-0.2, 0) is 21.4 Å². The summed E-state index contributed by atoms with van der Waals surface area (Å²) in [6.45, 7) is 7.03. The summed E-state index contributed by atoms with van der Waals surface area (Å²) in [6, 6.07) is 2.47. The van der Waals surface area contributed by atoms with Crippen LogP contribution in [0.1, 0.15) is 25.1 Å². The van der Waals surface area contributed by atoms with Crippen LogP contribution in [0.15, 0.2) is 29.2 Å². The second-order valence-corrected chi connectivity index (χ2v) is 10.3. The van der Waals surface area contributed by atoms with Crippen molar-refractivity contribution in [1.29, 1.82) is 0 Å². The molecule has 3 rings (SSSR count). The van der Waals surface area contributed by atoms with Gasteiger partial charge in [-0.15, -0.1) is 0 Å². The monoisotopic (exact) mass is 486 g/mol. The molecule has 0 spiro atoms. The summed E-state index contributed by atoms with van der Waals surface area (Å²) in [5.74, 6) is -2.25. The first-order valence-corrected chi connectivity index (χ1v) is 12.0. The Morgan fingerprint density at radius 3 is 2.44 bits per heavy atom. The molecule has 0 atom stereocenters. The van der Waals surface area contributed by atoms with Gasteiger partial charge in [0.15, 0.2) is 11.6 Å². The zero-order valence-electron chi connectivity index (χ0n) is 18.1. The normalized spacial score (nSPS) is 15.8. The maximum Gasteiger partial charge on any atom is 0.246 e. The molecule has 0 bridgehead atoms. The highest BCUT2D eigenvalue weighted by molar-refractivity contribution is 7.89. The van der Waals surface area contributed by atoms with Gasteiger partial charge in [0, 0.05) is 44.4 Å². The van der Waals surface area contributed by atoms with Crippen molar-refractivity contribution < 1.29 is 22.0 Å². The Kier molecular flexibility index (Phi) is 7.36. The molecule has 0 aliphatic carbocycles. The fourth-order valence-corrected chi connectivity index (χ4v) is 5.16. The maximum atomic E-state index is 13.5. The van der Waals surface area contributed by atoms with Crippen LogP contribution < -0.4 is 0 Å². The Bertz CT molecular complexity index is 1140. The lowest BCUT2D eigenvalue weighted by atomic mass is 10.2. The summed E-state index contributed by atoms with van der Waals surface area (Å²) in [5, 5.41) is 4.86. The van der Waals surface area contributed by atoms with Gasteiger partial charge in [-0.3, -0.25) is 9.48 Å². The van der Waals surface area contributed by atoms with Crippen LogP contribution in [0.4, 0.5) is 8.78 Å². The Morgan fingerprint density at radius 1 is 1.19 bits per heavy atom. The van der Waals surface area contributed by atoms with Gasteiger partial charge >= 0.3 is 0 Å². The molecule has 7 nitrogen and oxygen atoms in total. The molecule has 1 aliphatic heterocycles. The van der Waals surface area contributed by atoms with Crippen molar-refractivity contribution in [3.63, 3.8) is 0 Å². The smallest absolute Gasteiger partial charge is 0.246 e. The molecule has 1 amide bonds. The standard InChI is InChI=1S/C21H25ClF2N4O3S/c1-14(2)13-28-21(22)17(15(3)25-28)5-7-20(29)26-8-10-27(11-9-26)32(30,31)16-4-6-18(23)19(24)12-16/h4-7,12,14H,8-11,13H2,1-3H3/b7-5+. The molecule has 1 fully saturated rings. The first-order valence-electron chi connectivity index (χ1n) is 10.2. The number of halogens is 3. The molecule has 1 saturated heterocycles. The first-order chi connectivity index (χ1) is 15.0.